The first-order valence-corrected chi connectivity index (χ1v) is 5.46. The highest BCUT2D eigenvalue weighted by molar-refractivity contribution is 5.07. The highest BCUT2D eigenvalue weighted by Crippen LogP contribution is 2.22. The molecule has 0 aromatic carbocycles. The number of allylic oxidation sites excluding steroid dienone is 1. The predicted molar refractivity (Wildman–Crippen MR) is 63.5 cm³/mol. The fraction of sp³-hybridized carbons (Fsp3) is 0.583. The molecule has 15 heavy (non-hydrogen) atoms. The van der Waals surface area contributed by atoms with E-state index in [0.29, 0.717) is 12.0 Å². The number of imidazole rings is 1. The molecular weight excluding hydrogens is 186 g/mol. The zero-order chi connectivity index (χ0) is 11.4. The lowest BCUT2D eigenvalue weighted by molar-refractivity contribution is 0.449. The molecule has 3 nitrogen and oxygen atoms in total. The second-order valence-corrected chi connectivity index (χ2v) is 4.37. The average molecular weight is 207 g/mol. The molecule has 0 bridgehead atoms. The van der Waals surface area contributed by atoms with Crippen molar-refractivity contribution in [2.75, 3.05) is 0 Å². The van der Waals surface area contributed by atoms with Gasteiger partial charge in [-0.05, 0) is 19.3 Å². The van der Waals surface area contributed by atoms with Crippen molar-refractivity contribution in [1.82, 2.24) is 9.55 Å². The topological polar surface area (TPSA) is 43.8 Å². The lowest BCUT2D eigenvalue weighted by atomic mass is 10.0. The van der Waals surface area contributed by atoms with Crippen molar-refractivity contribution < 1.29 is 0 Å². The molecule has 2 unspecified atom stereocenters. The molecule has 0 saturated carbocycles. The summed E-state index contributed by atoms with van der Waals surface area (Å²) in [4.78, 5) is 4.18. The van der Waals surface area contributed by atoms with Crippen molar-refractivity contribution in [2.24, 2.45) is 11.7 Å². The SMILES string of the molecule is C=CCC(C)n1cncc1C(N)C(C)C. The summed E-state index contributed by atoms with van der Waals surface area (Å²) in [6.45, 7) is 10.2. The Bertz CT molecular complexity index is 314. The second kappa shape index (κ2) is 5.12. The minimum Gasteiger partial charge on any atom is -0.330 e. The lowest BCUT2D eigenvalue weighted by Gasteiger charge is -2.21. The second-order valence-electron chi connectivity index (χ2n) is 4.37. The van der Waals surface area contributed by atoms with Crippen LogP contribution >= 0.6 is 0 Å². The van der Waals surface area contributed by atoms with Crippen molar-refractivity contribution in [3.63, 3.8) is 0 Å². The largest absolute Gasteiger partial charge is 0.330 e. The normalized spacial score (nSPS) is 15.3. The molecule has 0 aliphatic rings. The first-order chi connectivity index (χ1) is 7.07. The van der Waals surface area contributed by atoms with E-state index in [2.05, 4.69) is 36.9 Å². The molecule has 1 rings (SSSR count). The number of rotatable bonds is 5. The number of nitrogens with two attached hydrogens (primary N) is 1. The summed E-state index contributed by atoms with van der Waals surface area (Å²) >= 11 is 0. The molecule has 0 spiro atoms. The van der Waals surface area contributed by atoms with Crippen LogP contribution in [0.2, 0.25) is 0 Å². The first kappa shape index (κ1) is 12.0. The Morgan fingerprint density at radius 2 is 2.20 bits per heavy atom. The van der Waals surface area contributed by atoms with Gasteiger partial charge in [0.15, 0.2) is 0 Å². The van der Waals surface area contributed by atoms with Crippen LogP contribution in [0.4, 0.5) is 0 Å². The van der Waals surface area contributed by atoms with Crippen LogP contribution in [0.3, 0.4) is 0 Å². The van der Waals surface area contributed by atoms with Crippen LogP contribution in [-0.4, -0.2) is 9.55 Å². The third kappa shape index (κ3) is 2.69. The van der Waals surface area contributed by atoms with Gasteiger partial charge in [-0.1, -0.05) is 19.9 Å². The van der Waals surface area contributed by atoms with E-state index in [1.807, 2.05) is 18.6 Å². The van der Waals surface area contributed by atoms with E-state index in [1.54, 1.807) is 0 Å². The number of hydrogen-bond donors (Lipinski definition) is 1. The van der Waals surface area contributed by atoms with E-state index in [0.717, 1.165) is 12.1 Å². The van der Waals surface area contributed by atoms with Crippen LogP contribution in [0.15, 0.2) is 25.2 Å². The molecule has 84 valence electrons. The van der Waals surface area contributed by atoms with E-state index in [1.165, 1.54) is 0 Å². The van der Waals surface area contributed by atoms with Crippen LogP contribution in [0.5, 0.6) is 0 Å². The van der Waals surface area contributed by atoms with Crippen LogP contribution in [0.25, 0.3) is 0 Å². The minimum atomic E-state index is 0.0553. The number of hydrogen-bond acceptors (Lipinski definition) is 2. The molecule has 0 saturated heterocycles. The van der Waals surface area contributed by atoms with Gasteiger partial charge in [0.2, 0.25) is 0 Å². The summed E-state index contributed by atoms with van der Waals surface area (Å²) in [6, 6.07) is 0.435. The van der Waals surface area contributed by atoms with Gasteiger partial charge in [0.1, 0.15) is 0 Å². The Hall–Kier alpha value is -1.09. The summed E-state index contributed by atoms with van der Waals surface area (Å²) in [5.74, 6) is 0.427. The van der Waals surface area contributed by atoms with Gasteiger partial charge in [-0.3, -0.25) is 0 Å². The van der Waals surface area contributed by atoms with Gasteiger partial charge in [-0.15, -0.1) is 6.58 Å². The van der Waals surface area contributed by atoms with Gasteiger partial charge in [-0.2, -0.15) is 0 Å². The van der Waals surface area contributed by atoms with Gasteiger partial charge in [0.25, 0.3) is 0 Å². The Balaban J connectivity index is 2.90. The molecule has 0 fully saturated rings. The quantitative estimate of drug-likeness (QED) is 0.754. The zero-order valence-corrected chi connectivity index (χ0v) is 9.85. The van der Waals surface area contributed by atoms with E-state index in [4.69, 9.17) is 5.73 Å². The summed E-state index contributed by atoms with van der Waals surface area (Å²) in [5.41, 5.74) is 7.24. The molecule has 2 N–H and O–H groups in total. The smallest absolute Gasteiger partial charge is 0.0951 e. The van der Waals surface area contributed by atoms with Crippen molar-refractivity contribution in [1.29, 1.82) is 0 Å². The van der Waals surface area contributed by atoms with Gasteiger partial charge in [-0.25, -0.2) is 4.98 Å². The molecule has 1 aromatic rings. The van der Waals surface area contributed by atoms with Crippen molar-refractivity contribution in [2.45, 2.75) is 39.3 Å². The first-order valence-electron chi connectivity index (χ1n) is 5.46. The maximum Gasteiger partial charge on any atom is 0.0951 e. The maximum absolute atomic E-state index is 6.13. The Morgan fingerprint density at radius 1 is 1.53 bits per heavy atom. The van der Waals surface area contributed by atoms with Crippen LogP contribution < -0.4 is 5.73 Å². The van der Waals surface area contributed by atoms with Gasteiger partial charge < -0.3 is 10.3 Å². The molecule has 2 atom stereocenters. The third-order valence-corrected chi connectivity index (χ3v) is 2.74. The number of aromatic nitrogens is 2. The lowest BCUT2D eigenvalue weighted by Crippen LogP contribution is -2.21. The van der Waals surface area contributed by atoms with Gasteiger partial charge in [0, 0.05) is 18.3 Å². The van der Waals surface area contributed by atoms with E-state index >= 15 is 0 Å². The molecule has 3 heteroatoms. The van der Waals surface area contributed by atoms with E-state index in [9.17, 15) is 0 Å². The fourth-order valence-corrected chi connectivity index (χ4v) is 1.64. The standard InChI is InChI=1S/C12H21N3/c1-5-6-10(4)15-8-14-7-11(15)12(13)9(2)3/h5,7-10,12H,1,6,13H2,2-4H3. The molecule has 0 radical (unpaired) electrons. The highest BCUT2D eigenvalue weighted by Gasteiger charge is 2.17. The van der Waals surface area contributed by atoms with Crippen LogP contribution in [0.1, 0.15) is 45.0 Å². The maximum atomic E-state index is 6.13. The monoisotopic (exact) mass is 207 g/mol. The Kier molecular flexibility index (Phi) is 4.09. The molecule has 0 amide bonds. The molecule has 0 aliphatic carbocycles. The zero-order valence-electron chi connectivity index (χ0n) is 9.85. The molecular formula is C12H21N3. The van der Waals surface area contributed by atoms with Crippen molar-refractivity contribution in [3.05, 3.63) is 30.9 Å². The van der Waals surface area contributed by atoms with Crippen molar-refractivity contribution >= 4 is 0 Å². The summed E-state index contributed by atoms with van der Waals surface area (Å²) in [7, 11) is 0. The predicted octanol–water partition coefficient (Wildman–Crippen LogP) is 2.68. The van der Waals surface area contributed by atoms with E-state index < -0.39 is 0 Å². The molecule has 0 aliphatic heterocycles. The Labute approximate surface area is 92.0 Å². The van der Waals surface area contributed by atoms with Crippen LogP contribution in [-0.2, 0) is 0 Å². The molecule has 1 heterocycles. The summed E-state index contributed by atoms with van der Waals surface area (Å²) in [5, 5.41) is 0. The fourth-order valence-electron chi connectivity index (χ4n) is 1.64. The average Bonchev–Trinajstić information content (AvgIpc) is 2.65. The van der Waals surface area contributed by atoms with Gasteiger partial charge >= 0.3 is 0 Å². The Morgan fingerprint density at radius 3 is 2.73 bits per heavy atom. The third-order valence-electron chi connectivity index (χ3n) is 2.74. The van der Waals surface area contributed by atoms with Gasteiger partial charge in [0.05, 0.1) is 12.0 Å². The minimum absolute atomic E-state index is 0.0553. The van der Waals surface area contributed by atoms with Crippen LogP contribution in [0, 0.1) is 5.92 Å². The van der Waals surface area contributed by atoms with E-state index in [-0.39, 0.29) is 6.04 Å². The number of nitrogens with zero attached hydrogens (tertiary/aromatic N) is 2. The summed E-state index contributed by atoms with van der Waals surface area (Å²) in [6.07, 6.45) is 6.58. The molecule has 1 aromatic heterocycles. The highest BCUT2D eigenvalue weighted by atomic mass is 15.1. The summed E-state index contributed by atoms with van der Waals surface area (Å²) < 4.78 is 2.15. The van der Waals surface area contributed by atoms with Crippen molar-refractivity contribution in [3.8, 4) is 0 Å².